The molecule has 5 N–H and O–H groups in total. The molecule has 1 rings (SSSR count). The maximum Gasteiger partial charge on any atom is 0.186 e. The van der Waals surface area contributed by atoms with E-state index in [2.05, 4.69) is 0 Å². The number of aliphatic hydroxyl groups excluding tert-OH is 4. The van der Waals surface area contributed by atoms with Gasteiger partial charge in [0.25, 0.3) is 0 Å². The van der Waals surface area contributed by atoms with Crippen molar-refractivity contribution < 1.29 is 35.1 Å². The third-order valence-corrected chi connectivity index (χ3v) is 2.62. The van der Waals surface area contributed by atoms with Gasteiger partial charge < -0.3 is 40.3 Å². The minimum Gasteiger partial charge on any atom is -0.762 e. The quantitative estimate of drug-likeness (QED) is 0.258. The number of rotatable bonds is 6. The molecular formula is C9H18NO8-. The van der Waals surface area contributed by atoms with Crippen LogP contribution in [0.3, 0.4) is 0 Å². The van der Waals surface area contributed by atoms with Crippen LogP contribution < -0.4 is 0 Å². The molecule has 0 bridgehead atoms. The lowest BCUT2D eigenvalue weighted by atomic mass is 9.99. The first-order valence-corrected chi connectivity index (χ1v) is 5.53. The second kappa shape index (κ2) is 7.28. The molecule has 0 aliphatic carbocycles. The van der Waals surface area contributed by atoms with Crippen LogP contribution in [0.2, 0.25) is 0 Å². The van der Waals surface area contributed by atoms with E-state index >= 15 is 0 Å². The summed E-state index contributed by atoms with van der Waals surface area (Å²) >= 11 is 0. The molecule has 5 atom stereocenters. The molecule has 1 heterocycles. The third-order valence-electron chi connectivity index (χ3n) is 2.62. The van der Waals surface area contributed by atoms with E-state index in [-0.39, 0.29) is 24.8 Å². The number of hydroxylamine groups is 2. The topological polar surface area (TPSA) is 146 Å². The molecular weight excluding hydrogens is 250 g/mol. The Kier molecular flexibility index (Phi) is 6.35. The monoisotopic (exact) mass is 268 g/mol. The number of nitrogens with zero attached hydrogens (tertiary/aromatic N) is 1. The smallest absolute Gasteiger partial charge is 0.186 e. The van der Waals surface area contributed by atoms with Gasteiger partial charge >= 0.3 is 0 Å². The average Bonchev–Trinajstić information content (AvgIpc) is 2.34. The van der Waals surface area contributed by atoms with Gasteiger partial charge in [0.15, 0.2) is 6.29 Å². The van der Waals surface area contributed by atoms with E-state index in [0.717, 1.165) is 0 Å². The van der Waals surface area contributed by atoms with E-state index in [9.17, 15) is 20.5 Å². The Bertz CT molecular complexity index is 239. The SMILES string of the molecule is [O-]N(O)CCCO[C@@H]1O[C@H](CO)[C@@H](O)[C@H](O)[C@H]1O. The van der Waals surface area contributed by atoms with Crippen molar-refractivity contribution in [3.05, 3.63) is 5.21 Å². The fourth-order valence-corrected chi connectivity index (χ4v) is 1.60. The van der Waals surface area contributed by atoms with E-state index in [4.69, 9.17) is 19.8 Å². The third kappa shape index (κ3) is 4.09. The van der Waals surface area contributed by atoms with Gasteiger partial charge in [0.2, 0.25) is 0 Å². The molecule has 0 aromatic carbocycles. The molecule has 0 spiro atoms. The van der Waals surface area contributed by atoms with E-state index in [1.165, 1.54) is 0 Å². The lowest BCUT2D eigenvalue weighted by molar-refractivity contribution is -0.301. The summed E-state index contributed by atoms with van der Waals surface area (Å²) in [7, 11) is 0. The van der Waals surface area contributed by atoms with Crippen LogP contribution in [0.15, 0.2) is 0 Å². The summed E-state index contributed by atoms with van der Waals surface area (Å²) < 4.78 is 10.1. The Morgan fingerprint density at radius 2 is 1.83 bits per heavy atom. The Morgan fingerprint density at radius 3 is 2.39 bits per heavy atom. The zero-order valence-electron chi connectivity index (χ0n) is 9.62. The Morgan fingerprint density at radius 1 is 1.17 bits per heavy atom. The van der Waals surface area contributed by atoms with Gasteiger partial charge in [-0.15, -0.1) is 0 Å². The lowest BCUT2D eigenvalue weighted by Gasteiger charge is -2.39. The summed E-state index contributed by atoms with van der Waals surface area (Å²) in [5.74, 6) is 0. The van der Waals surface area contributed by atoms with Crippen molar-refractivity contribution in [2.45, 2.75) is 37.1 Å². The number of hydrogen-bond acceptors (Lipinski definition) is 9. The first-order chi connectivity index (χ1) is 8.47. The summed E-state index contributed by atoms with van der Waals surface area (Å²) in [6, 6.07) is 0. The van der Waals surface area contributed by atoms with Crippen molar-refractivity contribution >= 4 is 0 Å². The van der Waals surface area contributed by atoms with Crippen LogP contribution in [0, 0.1) is 5.21 Å². The van der Waals surface area contributed by atoms with Crippen LogP contribution >= 0.6 is 0 Å². The van der Waals surface area contributed by atoms with Crippen LogP contribution in [-0.2, 0) is 9.47 Å². The van der Waals surface area contributed by atoms with E-state index in [0.29, 0.717) is 0 Å². The summed E-state index contributed by atoms with van der Waals surface area (Å²) in [5, 5.41) is 55.7. The molecule has 108 valence electrons. The molecule has 18 heavy (non-hydrogen) atoms. The molecule has 0 saturated carbocycles. The number of ether oxygens (including phenoxy) is 2. The lowest BCUT2D eigenvalue weighted by Crippen LogP contribution is -2.59. The van der Waals surface area contributed by atoms with Crippen molar-refractivity contribution in [3.63, 3.8) is 0 Å². The van der Waals surface area contributed by atoms with Crippen molar-refractivity contribution in [2.24, 2.45) is 0 Å². The largest absolute Gasteiger partial charge is 0.762 e. The van der Waals surface area contributed by atoms with Gasteiger partial charge in [-0.2, -0.15) is 0 Å². The summed E-state index contributed by atoms with van der Waals surface area (Å²) in [4.78, 5) is 0. The second-order valence-electron chi connectivity index (χ2n) is 4.00. The van der Waals surface area contributed by atoms with Gasteiger partial charge in [0.05, 0.1) is 13.2 Å². The first-order valence-electron chi connectivity index (χ1n) is 5.53. The molecule has 1 aliphatic heterocycles. The number of aliphatic hydroxyl groups is 4. The number of hydrogen-bond donors (Lipinski definition) is 5. The van der Waals surface area contributed by atoms with E-state index < -0.39 is 37.3 Å². The average molecular weight is 268 g/mol. The highest BCUT2D eigenvalue weighted by Gasteiger charge is 2.43. The molecule has 0 radical (unpaired) electrons. The van der Waals surface area contributed by atoms with Crippen LogP contribution in [-0.4, -0.2) is 81.3 Å². The zero-order valence-corrected chi connectivity index (χ0v) is 9.62. The van der Waals surface area contributed by atoms with Gasteiger partial charge in [-0.25, -0.2) is 0 Å². The Balaban J connectivity index is 2.39. The molecule has 0 unspecified atom stereocenters. The summed E-state index contributed by atoms with van der Waals surface area (Å²) in [5.41, 5.74) is 0. The predicted molar refractivity (Wildman–Crippen MR) is 56.2 cm³/mol. The minimum absolute atomic E-state index is 0.00197. The second-order valence-corrected chi connectivity index (χ2v) is 4.00. The molecule has 0 aromatic rings. The van der Waals surface area contributed by atoms with E-state index in [1.54, 1.807) is 0 Å². The van der Waals surface area contributed by atoms with Crippen molar-refractivity contribution in [3.8, 4) is 0 Å². The molecule has 1 fully saturated rings. The fraction of sp³-hybridized carbons (Fsp3) is 1.00. The fourth-order valence-electron chi connectivity index (χ4n) is 1.60. The van der Waals surface area contributed by atoms with Crippen LogP contribution in [0.4, 0.5) is 0 Å². The molecule has 9 nitrogen and oxygen atoms in total. The van der Waals surface area contributed by atoms with Crippen LogP contribution in [0.5, 0.6) is 0 Å². The molecule has 1 saturated heterocycles. The summed E-state index contributed by atoms with van der Waals surface area (Å²) in [6.45, 7) is -0.699. The van der Waals surface area contributed by atoms with E-state index in [1.807, 2.05) is 0 Å². The standard InChI is InChI=1S/C9H18NO8/c11-4-5-6(12)7(13)8(14)9(18-5)17-3-1-2-10(15)16/h5-9,11-15H,1-4H2/q-1/t5-,6-,7+,8-,9-/m1/s1. The molecule has 1 aliphatic rings. The maximum atomic E-state index is 10.2. The Labute approximate surface area is 103 Å². The Hall–Kier alpha value is -0.360. The molecule has 0 aromatic heterocycles. The molecule has 9 heteroatoms. The maximum absolute atomic E-state index is 10.2. The van der Waals surface area contributed by atoms with Gasteiger partial charge in [-0.05, 0) is 6.42 Å². The highest BCUT2D eigenvalue weighted by atomic mass is 16.8. The zero-order chi connectivity index (χ0) is 13.7. The highest BCUT2D eigenvalue weighted by Crippen LogP contribution is 2.21. The first kappa shape index (κ1) is 15.7. The van der Waals surface area contributed by atoms with Gasteiger partial charge in [0, 0.05) is 6.54 Å². The van der Waals surface area contributed by atoms with Crippen LogP contribution in [0.1, 0.15) is 6.42 Å². The van der Waals surface area contributed by atoms with Crippen molar-refractivity contribution in [1.29, 1.82) is 0 Å². The predicted octanol–water partition coefficient (Wildman–Crippen LogP) is -2.62. The van der Waals surface area contributed by atoms with Gasteiger partial charge in [-0.1, -0.05) is 0 Å². The summed E-state index contributed by atoms with van der Waals surface area (Å²) in [6.07, 6.45) is -6.43. The normalized spacial score (nSPS) is 37.2. The van der Waals surface area contributed by atoms with Crippen LogP contribution in [0.25, 0.3) is 0 Å². The van der Waals surface area contributed by atoms with Gasteiger partial charge in [0.1, 0.15) is 24.4 Å². The minimum atomic E-state index is -1.49. The van der Waals surface area contributed by atoms with Crippen molar-refractivity contribution in [2.75, 3.05) is 19.8 Å². The highest BCUT2D eigenvalue weighted by molar-refractivity contribution is 4.88. The molecule has 0 amide bonds. The van der Waals surface area contributed by atoms with Gasteiger partial charge in [-0.3, -0.25) is 5.23 Å². The van der Waals surface area contributed by atoms with Crippen molar-refractivity contribution in [1.82, 2.24) is 5.23 Å².